The topological polar surface area (TPSA) is 78.3 Å². The first-order valence-corrected chi connectivity index (χ1v) is 10.6. The van der Waals surface area contributed by atoms with Crippen molar-refractivity contribution in [3.05, 3.63) is 66.4 Å². The highest BCUT2D eigenvalue weighted by molar-refractivity contribution is 5.96. The fraction of sp³-hybridized carbons (Fsp3) is 0.240. The Morgan fingerprint density at radius 2 is 1.84 bits per heavy atom. The van der Waals surface area contributed by atoms with Crippen molar-refractivity contribution in [2.45, 2.75) is 26.9 Å². The van der Waals surface area contributed by atoms with Gasteiger partial charge in [0.05, 0.1) is 17.7 Å². The van der Waals surface area contributed by atoms with E-state index in [1.807, 2.05) is 69.4 Å². The Bertz CT molecular complexity index is 1230. The number of carbonyl (C=O) groups excluding carboxylic acids is 1. The summed E-state index contributed by atoms with van der Waals surface area (Å²) in [4.78, 5) is 17.3. The second-order valence-corrected chi connectivity index (χ2v) is 7.49. The minimum atomic E-state index is -0.746. The van der Waals surface area contributed by atoms with Crippen molar-refractivity contribution < 1.29 is 14.3 Å². The molecule has 4 rings (SSSR count). The Morgan fingerprint density at radius 1 is 1.12 bits per heavy atom. The van der Waals surface area contributed by atoms with Crippen LogP contribution in [0.2, 0.25) is 0 Å². The number of aromatic nitrogens is 3. The molecule has 7 nitrogen and oxygen atoms in total. The molecule has 0 aliphatic carbocycles. The van der Waals surface area contributed by atoms with Gasteiger partial charge in [-0.15, -0.1) is 0 Å². The van der Waals surface area contributed by atoms with E-state index >= 15 is 0 Å². The van der Waals surface area contributed by atoms with Crippen LogP contribution in [-0.2, 0) is 11.8 Å². The highest BCUT2D eigenvalue weighted by atomic mass is 16.5. The van der Waals surface area contributed by atoms with E-state index in [1.165, 1.54) is 0 Å². The summed E-state index contributed by atoms with van der Waals surface area (Å²) in [7, 11) is 1.85. The van der Waals surface area contributed by atoms with Crippen LogP contribution < -0.4 is 14.8 Å². The van der Waals surface area contributed by atoms with Crippen LogP contribution in [0.15, 0.2) is 60.7 Å². The lowest BCUT2D eigenvalue weighted by molar-refractivity contribution is -0.122. The van der Waals surface area contributed by atoms with Gasteiger partial charge in [-0.1, -0.05) is 30.3 Å². The van der Waals surface area contributed by atoms with Gasteiger partial charge in [0.25, 0.3) is 5.91 Å². The zero-order chi connectivity index (χ0) is 22.7. The van der Waals surface area contributed by atoms with E-state index in [2.05, 4.69) is 15.4 Å². The Hall–Kier alpha value is -3.87. The maximum atomic E-state index is 12.7. The minimum absolute atomic E-state index is 0.265. The van der Waals surface area contributed by atoms with Crippen LogP contribution in [0.3, 0.4) is 0 Å². The van der Waals surface area contributed by atoms with Crippen LogP contribution >= 0.6 is 0 Å². The molecule has 0 unspecified atom stereocenters. The molecule has 0 aliphatic heterocycles. The van der Waals surface area contributed by atoms with E-state index < -0.39 is 6.10 Å². The monoisotopic (exact) mass is 430 g/mol. The first kappa shape index (κ1) is 21.4. The first-order chi connectivity index (χ1) is 15.5. The molecular weight excluding hydrogens is 404 g/mol. The summed E-state index contributed by atoms with van der Waals surface area (Å²) >= 11 is 0. The molecule has 2 aromatic heterocycles. The van der Waals surface area contributed by atoms with Crippen LogP contribution in [0.1, 0.15) is 19.5 Å². The van der Waals surface area contributed by atoms with Gasteiger partial charge in [0.1, 0.15) is 5.75 Å². The van der Waals surface area contributed by atoms with Crippen molar-refractivity contribution in [2.75, 3.05) is 11.9 Å². The van der Waals surface area contributed by atoms with Crippen molar-refractivity contribution >= 4 is 22.6 Å². The molecule has 0 fully saturated rings. The molecule has 2 aromatic carbocycles. The third kappa shape index (κ3) is 4.42. The van der Waals surface area contributed by atoms with Gasteiger partial charge in [-0.05, 0) is 56.2 Å². The summed E-state index contributed by atoms with van der Waals surface area (Å²) in [5, 5.41) is 8.35. The third-order valence-electron chi connectivity index (χ3n) is 5.13. The summed E-state index contributed by atoms with van der Waals surface area (Å²) in [6, 6.07) is 19.1. The van der Waals surface area contributed by atoms with Crippen molar-refractivity contribution in [3.8, 4) is 22.8 Å². The predicted molar refractivity (Wildman–Crippen MR) is 125 cm³/mol. The zero-order valence-corrected chi connectivity index (χ0v) is 18.6. The van der Waals surface area contributed by atoms with Gasteiger partial charge >= 0.3 is 0 Å². The second kappa shape index (κ2) is 9.09. The number of amides is 1. The number of pyridine rings is 1. The molecular formula is C25H26N4O3. The van der Waals surface area contributed by atoms with Gasteiger partial charge in [0, 0.05) is 18.8 Å². The summed E-state index contributed by atoms with van der Waals surface area (Å²) in [5.74, 6) is 0.861. The molecule has 0 saturated heterocycles. The molecule has 0 spiro atoms. The Morgan fingerprint density at radius 3 is 2.53 bits per heavy atom. The molecule has 0 bridgehead atoms. The molecule has 1 atom stereocenters. The number of rotatable bonds is 7. The number of ether oxygens (including phenoxy) is 2. The van der Waals surface area contributed by atoms with Gasteiger partial charge < -0.3 is 14.8 Å². The maximum absolute atomic E-state index is 12.7. The molecule has 0 saturated carbocycles. The summed E-state index contributed by atoms with van der Waals surface area (Å²) < 4.78 is 13.1. The highest BCUT2D eigenvalue weighted by Gasteiger charge is 2.20. The Balaban J connectivity index is 1.58. The highest BCUT2D eigenvalue weighted by Crippen LogP contribution is 2.33. The maximum Gasteiger partial charge on any atom is 0.265 e. The van der Waals surface area contributed by atoms with E-state index in [4.69, 9.17) is 9.47 Å². The average molecular weight is 431 g/mol. The fourth-order valence-electron chi connectivity index (χ4n) is 3.61. The average Bonchev–Trinajstić information content (AvgIpc) is 3.08. The van der Waals surface area contributed by atoms with E-state index in [-0.39, 0.29) is 5.91 Å². The number of carbonyl (C=O) groups is 1. The number of nitrogens with one attached hydrogen (secondary N) is 1. The minimum Gasteiger partial charge on any atom is -0.494 e. The lowest BCUT2D eigenvalue weighted by Gasteiger charge is -2.16. The number of benzene rings is 2. The van der Waals surface area contributed by atoms with Crippen molar-refractivity contribution in [1.29, 1.82) is 0 Å². The number of fused-ring (bicyclic) bond motifs is 1. The Kier molecular flexibility index (Phi) is 6.07. The molecule has 2 heterocycles. The first-order valence-electron chi connectivity index (χ1n) is 10.6. The van der Waals surface area contributed by atoms with Gasteiger partial charge in [-0.3, -0.25) is 9.48 Å². The van der Waals surface area contributed by atoms with Crippen molar-refractivity contribution in [3.63, 3.8) is 0 Å². The molecule has 1 N–H and O–H groups in total. The number of aryl methyl sites for hydroxylation is 2. The van der Waals surface area contributed by atoms with Crippen molar-refractivity contribution in [2.24, 2.45) is 7.05 Å². The lowest BCUT2D eigenvalue weighted by Crippen LogP contribution is -2.30. The molecule has 7 heteroatoms. The van der Waals surface area contributed by atoms with Crippen LogP contribution in [0.4, 0.5) is 5.69 Å². The normalized spacial score (nSPS) is 11.9. The summed E-state index contributed by atoms with van der Waals surface area (Å²) in [6.07, 6.45) is -0.746. The van der Waals surface area contributed by atoms with Crippen molar-refractivity contribution in [1.82, 2.24) is 14.8 Å². The van der Waals surface area contributed by atoms with Gasteiger partial charge in [0.15, 0.2) is 11.8 Å². The van der Waals surface area contributed by atoms with Crippen LogP contribution in [0.5, 0.6) is 11.6 Å². The quantitative estimate of drug-likeness (QED) is 0.458. The number of hydrogen-bond acceptors (Lipinski definition) is 5. The predicted octanol–water partition coefficient (Wildman–Crippen LogP) is 4.75. The molecule has 1 amide bonds. The summed E-state index contributed by atoms with van der Waals surface area (Å²) in [6.45, 7) is 6.18. The summed E-state index contributed by atoms with van der Waals surface area (Å²) in [5.41, 5.74) is 4.27. The smallest absolute Gasteiger partial charge is 0.265 e. The number of anilines is 1. The Labute approximate surface area is 187 Å². The van der Waals surface area contributed by atoms with E-state index in [0.717, 1.165) is 28.0 Å². The molecule has 0 radical (unpaired) electrons. The molecule has 32 heavy (non-hydrogen) atoms. The standard InChI is InChI=1S/C25H26N4O3/c1-5-31-20-13-11-19(12-14-20)26-25(30)17(3)32-22-15-21(18-9-7-6-8-10-18)23-16(2)28-29(4)24(23)27-22/h6-15,17H,5H2,1-4H3,(H,26,30)/t17-/m0/s1. The van der Waals surface area contributed by atoms with Gasteiger partial charge in [0.2, 0.25) is 5.88 Å². The van der Waals surface area contributed by atoms with Crippen LogP contribution in [0.25, 0.3) is 22.2 Å². The van der Waals surface area contributed by atoms with Crippen LogP contribution in [-0.4, -0.2) is 33.4 Å². The van der Waals surface area contributed by atoms with E-state index in [1.54, 1.807) is 23.7 Å². The SMILES string of the molecule is CCOc1ccc(NC(=O)[C@H](C)Oc2cc(-c3ccccc3)c3c(C)nn(C)c3n2)cc1. The largest absolute Gasteiger partial charge is 0.494 e. The molecule has 0 aliphatic rings. The molecule has 4 aromatic rings. The van der Waals surface area contributed by atoms with Crippen LogP contribution in [0, 0.1) is 6.92 Å². The number of hydrogen-bond donors (Lipinski definition) is 1. The second-order valence-electron chi connectivity index (χ2n) is 7.49. The van der Waals surface area contributed by atoms with Gasteiger partial charge in [-0.2, -0.15) is 10.1 Å². The van der Waals surface area contributed by atoms with E-state index in [0.29, 0.717) is 23.8 Å². The van der Waals surface area contributed by atoms with Gasteiger partial charge in [-0.25, -0.2) is 0 Å². The van der Waals surface area contributed by atoms with E-state index in [9.17, 15) is 4.79 Å². The molecule has 164 valence electrons. The fourth-order valence-corrected chi connectivity index (χ4v) is 3.61. The zero-order valence-electron chi connectivity index (χ0n) is 18.6. The third-order valence-corrected chi connectivity index (χ3v) is 5.13. The number of nitrogens with zero attached hydrogens (tertiary/aromatic N) is 3. The lowest BCUT2D eigenvalue weighted by atomic mass is 10.0.